The number of anilines is 2. The number of ether oxygens (including phenoxy) is 1. The van der Waals surface area contributed by atoms with E-state index in [1.165, 1.54) is 5.69 Å². The van der Waals surface area contributed by atoms with Gasteiger partial charge in [-0.15, -0.1) is 0 Å². The van der Waals surface area contributed by atoms with Crippen molar-refractivity contribution >= 4 is 29.0 Å². The molecule has 0 aliphatic carbocycles. The third kappa shape index (κ3) is 4.87. The van der Waals surface area contributed by atoms with Crippen LogP contribution in [0.5, 0.6) is 0 Å². The summed E-state index contributed by atoms with van der Waals surface area (Å²) < 4.78 is 5.10. The van der Waals surface area contributed by atoms with E-state index in [4.69, 9.17) is 4.74 Å². The molecule has 0 saturated carbocycles. The molecule has 1 N–H and O–H groups in total. The summed E-state index contributed by atoms with van der Waals surface area (Å²) in [5.74, 6) is -0.195. The van der Waals surface area contributed by atoms with Crippen molar-refractivity contribution in [2.45, 2.75) is 25.8 Å². The Morgan fingerprint density at radius 2 is 1.74 bits per heavy atom. The van der Waals surface area contributed by atoms with Crippen molar-refractivity contribution < 1.29 is 14.3 Å². The number of nitrogens with zero attached hydrogens (tertiary/aromatic N) is 3. The lowest BCUT2D eigenvalue weighted by molar-refractivity contribution is -0.135. The summed E-state index contributed by atoms with van der Waals surface area (Å²) in [6.45, 7) is 4.55. The third-order valence-corrected chi connectivity index (χ3v) is 5.72. The smallest absolute Gasteiger partial charge is 0.354 e. The summed E-state index contributed by atoms with van der Waals surface area (Å²) in [5, 5.41) is 9.15. The van der Waals surface area contributed by atoms with Crippen molar-refractivity contribution in [2.24, 2.45) is 11.0 Å². The topological polar surface area (TPSA) is 74.2 Å². The molecule has 2 atom stereocenters. The molecule has 4 rings (SSSR count). The number of hydrazone groups is 1. The number of rotatable bonds is 7. The van der Waals surface area contributed by atoms with Gasteiger partial charge in [0, 0.05) is 31.7 Å². The predicted octanol–water partition coefficient (Wildman–Crippen LogP) is 2.83. The van der Waals surface area contributed by atoms with Gasteiger partial charge in [-0.1, -0.05) is 36.4 Å². The third-order valence-electron chi connectivity index (χ3n) is 5.72. The molecule has 2 aromatic carbocycles. The van der Waals surface area contributed by atoms with Crippen LogP contribution in [-0.2, 0) is 14.3 Å². The van der Waals surface area contributed by atoms with E-state index in [0.29, 0.717) is 12.5 Å². The van der Waals surface area contributed by atoms with Crippen molar-refractivity contribution in [3.63, 3.8) is 0 Å². The molecule has 7 heteroatoms. The van der Waals surface area contributed by atoms with E-state index < -0.39 is 12.0 Å². The quantitative estimate of drug-likeness (QED) is 0.698. The number of hydrogen-bond acceptors (Lipinski definition) is 6. The molecule has 2 aliphatic heterocycles. The van der Waals surface area contributed by atoms with Crippen LogP contribution in [0.25, 0.3) is 0 Å². The molecule has 7 nitrogen and oxygen atoms in total. The summed E-state index contributed by atoms with van der Waals surface area (Å²) in [6.07, 6.45) is 1.27. The molecule has 1 amide bonds. The Morgan fingerprint density at radius 1 is 1.06 bits per heavy atom. The molecule has 2 unspecified atom stereocenters. The van der Waals surface area contributed by atoms with Crippen LogP contribution in [0.1, 0.15) is 19.8 Å². The molecule has 31 heavy (non-hydrogen) atoms. The first-order valence-corrected chi connectivity index (χ1v) is 10.8. The maximum absolute atomic E-state index is 13.1. The molecule has 1 fully saturated rings. The lowest BCUT2D eigenvalue weighted by Gasteiger charge is -2.23. The van der Waals surface area contributed by atoms with Crippen LogP contribution >= 0.6 is 0 Å². The van der Waals surface area contributed by atoms with Gasteiger partial charge in [0.2, 0.25) is 5.91 Å². The summed E-state index contributed by atoms with van der Waals surface area (Å²) in [7, 11) is 0. The van der Waals surface area contributed by atoms with Gasteiger partial charge in [-0.2, -0.15) is 5.10 Å². The van der Waals surface area contributed by atoms with E-state index in [1.54, 1.807) is 11.9 Å². The Kier molecular flexibility index (Phi) is 6.50. The molecular weight excluding hydrogens is 392 g/mol. The fourth-order valence-electron chi connectivity index (χ4n) is 4.11. The normalized spacial score (nSPS) is 20.5. The standard InChI is InChI=1S/C24H28N4O3/c1-2-31-24(30)21-15-22(28(26-21)20-11-7-4-8-12-20)23(29)25-16-18-13-14-27(17-18)19-9-5-3-6-10-19/h3-12,18,22H,2,13-17H2,1H3,(H,25,29). The Labute approximate surface area is 182 Å². The maximum Gasteiger partial charge on any atom is 0.354 e. The average molecular weight is 421 g/mol. The van der Waals surface area contributed by atoms with Crippen LogP contribution in [0.15, 0.2) is 65.8 Å². The summed E-state index contributed by atoms with van der Waals surface area (Å²) in [6, 6.07) is 19.2. The zero-order valence-corrected chi connectivity index (χ0v) is 17.7. The predicted molar refractivity (Wildman–Crippen MR) is 121 cm³/mol. The highest BCUT2D eigenvalue weighted by atomic mass is 16.5. The van der Waals surface area contributed by atoms with Gasteiger partial charge in [-0.3, -0.25) is 9.80 Å². The molecule has 0 spiro atoms. The molecule has 2 aliphatic rings. The van der Waals surface area contributed by atoms with Crippen LogP contribution in [0, 0.1) is 5.92 Å². The van der Waals surface area contributed by atoms with Gasteiger partial charge in [0.1, 0.15) is 11.8 Å². The lowest BCUT2D eigenvalue weighted by atomic mass is 10.1. The Bertz CT molecular complexity index is 932. The zero-order valence-electron chi connectivity index (χ0n) is 17.7. The first kappa shape index (κ1) is 20.9. The number of carbonyl (C=O) groups excluding carboxylic acids is 2. The van der Waals surface area contributed by atoms with Crippen LogP contribution in [0.2, 0.25) is 0 Å². The maximum atomic E-state index is 13.1. The van der Waals surface area contributed by atoms with Crippen LogP contribution in [0.3, 0.4) is 0 Å². The molecule has 0 radical (unpaired) electrons. The van der Waals surface area contributed by atoms with Crippen LogP contribution < -0.4 is 15.2 Å². The Morgan fingerprint density at radius 3 is 2.42 bits per heavy atom. The van der Waals surface area contributed by atoms with Gasteiger partial charge in [0.15, 0.2) is 0 Å². The van der Waals surface area contributed by atoms with E-state index in [0.717, 1.165) is 25.2 Å². The van der Waals surface area contributed by atoms with Gasteiger partial charge in [0.05, 0.1) is 12.3 Å². The highest BCUT2D eigenvalue weighted by Gasteiger charge is 2.37. The number of benzene rings is 2. The molecule has 2 heterocycles. The first-order valence-electron chi connectivity index (χ1n) is 10.8. The number of nitrogens with one attached hydrogen (secondary N) is 1. The summed E-state index contributed by atoms with van der Waals surface area (Å²) in [5.41, 5.74) is 2.27. The molecule has 1 saturated heterocycles. The molecule has 2 aromatic rings. The van der Waals surface area contributed by atoms with Crippen molar-refractivity contribution in [3.8, 4) is 0 Å². The minimum Gasteiger partial charge on any atom is -0.461 e. The number of hydrogen-bond donors (Lipinski definition) is 1. The Hall–Kier alpha value is -3.35. The highest BCUT2D eigenvalue weighted by molar-refractivity contribution is 6.38. The number of amides is 1. The molecule has 162 valence electrons. The first-order chi connectivity index (χ1) is 15.2. The SMILES string of the molecule is CCOC(=O)C1=NN(c2ccccc2)C(C(=O)NCC2CCN(c3ccccc3)C2)C1. The Balaban J connectivity index is 1.38. The van der Waals surface area contributed by atoms with Crippen molar-refractivity contribution in [1.82, 2.24) is 5.32 Å². The number of carbonyl (C=O) groups is 2. The number of para-hydroxylation sites is 2. The van der Waals surface area contributed by atoms with E-state index in [9.17, 15) is 9.59 Å². The van der Waals surface area contributed by atoms with Gasteiger partial charge in [-0.05, 0) is 43.5 Å². The lowest BCUT2D eigenvalue weighted by Crippen LogP contribution is -2.44. The second-order valence-electron chi connectivity index (χ2n) is 7.85. The number of esters is 1. The van der Waals surface area contributed by atoms with Crippen molar-refractivity contribution in [2.75, 3.05) is 36.1 Å². The van der Waals surface area contributed by atoms with Gasteiger partial charge in [0.25, 0.3) is 0 Å². The highest BCUT2D eigenvalue weighted by Crippen LogP contribution is 2.26. The minimum absolute atomic E-state index is 0.120. The summed E-state index contributed by atoms with van der Waals surface area (Å²) in [4.78, 5) is 27.6. The van der Waals surface area contributed by atoms with Gasteiger partial charge < -0.3 is 15.0 Å². The monoisotopic (exact) mass is 420 g/mol. The largest absolute Gasteiger partial charge is 0.461 e. The van der Waals surface area contributed by atoms with Crippen molar-refractivity contribution in [3.05, 3.63) is 60.7 Å². The fourth-order valence-corrected chi connectivity index (χ4v) is 4.11. The zero-order chi connectivity index (χ0) is 21.6. The van der Waals surface area contributed by atoms with Gasteiger partial charge >= 0.3 is 5.97 Å². The second kappa shape index (κ2) is 9.64. The average Bonchev–Trinajstić information content (AvgIpc) is 3.47. The molecule has 0 aromatic heterocycles. The fraction of sp³-hybridized carbons (Fsp3) is 0.375. The van der Waals surface area contributed by atoms with Crippen LogP contribution in [0.4, 0.5) is 11.4 Å². The van der Waals surface area contributed by atoms with E-state index in [2.05, 4.69) is 27.5 Å². The van der Waals surface area contributed by atoms with Gasteiger partial charge in [-0.25, -0.2) is 4.79 Å². The molecular formula is C24H28N4O3. The van der Waals surface area contributed by atoms with Crippen molar-refractivity contribution in [1.29, 1.82) is 0 Å². The second-order valence-corrected chi connectivity index (χ2v) is 7.85. The summed E-state index contributed by atoms with van der Waals surface area (Å²) >= 11 is 0. The molecule has 0 bridgehead atoms. The van der Waals surface area contributed by atoms with E-state index in [1.807, 2.05) is 48.5 Å². The van der Waals surface area contributed by atoms with E-state index in [-0.39, 0.29) is 24.6 Å². The van der Waals surface area contributed by atoms with Crippen LogP contribution in [-0.4, -0.2) is 49.9 Å². The van der Waals surface area contributed by atoms with E-state index >= 15 is 0 Å². The minimum atomic E-state index is -0.562.